The fourth-order valence-corrected chi connectivity index (χ4v) is 2.91. The van der Waals surface area contributed by atoms with Gasteiger partial charge in [0, 0.05) is 5.39 Å². The van der Waals surface area contributed by atoms with Crippen molar-refractivity contribution in [2.24, 2.45) is 0 Å². The molecule has 2 aromatic rings. The lowest BCUT2D eigenvalue weighted by Crippen LogP contribution is -2.34. The Bertz CT molecular complexity index is 814. The summed E-state index contributed by atoms with van der Waals surface area (Å²) in [6.07, 6.45) is 0. The molecule has 1 aliphatic heterocycles. The monoisotopic (exact) mass is 341 g/mol. The Morgan fingerprint density at radius 3 is 2.90 bits per heavy atom. The fraction of sp³-hybridized carbons (Fsp3) is 0.231. The van der Waals surface area contributed by atoms with Crippen molar-refractivity contribution in [2.45, 2.75) is 13.0 Å². The van der Waals surface area contributed by atoms with E-state index in [1.807, 2.05) is 0 Å². The third kappa shape index (κ3) is 1.66. The molecule has 1 aromatic heterocycles. The summed E-state index contributed by atoms with van der Waals surface area (Å²) in [7, 11) is 0. The van der Waals surface area contributed by atoms with Crippen LogP contribution in [-0.2, 0) is 0 Å². The molecule has 3 rings (SSSR count). The standard InChI is InChI=1S/C13H9BrFNO4/c1-5-4-20-11-8(14)3-9(15)6-2-7(13(18)19)12(17)16(5)10(6)11/h2-3,5H,4H2,1H3,(H,18,19)/t5-/m0/s1. The summed E-state index contributed by atoms with van der Waals surface area (Å²) in [5.41, 5.74) is -0.816. The summed E-state index contributed by atoms with van der Waals surface area (Å²) in [5, 5.41) is 9.15. The number of hydrogen-bond acceptors (Lipinski definition) is 3. The van der Waals surface area contributed by atoms with Crippen LogP contribution in [0.1, 0.15) is 23.3 Å². The molecule has 0 radical (unpaired) electrons. The van der Waals surface area contributed by atoms with Crippen LogP contribution < -0.4 is 10.3 Å². The topological polar surface area (TPSA) is 68.5 Å². The molecular weight excluding hydrogens is 333 g/mol. The molecule has 0 aliphatic carbocycles. The highest BCUT2D eigenvalue weighted by Crippen LogP contribution is 2.39. The molecule has 104 valence electrons. The Kier molecular flexibility index (Phi) is 2.82. The van der Waals surface area contributed by atoms with E-state index >= 15 is 0 Å². The molecule has 0 saturated heterocycles. The van der Waals surface area contributed by atoms with Crippen molar-refractivity contribution in [1.82, 2.24) is 4.57 Å². The molecule has 2 heterocycles. The molecule has 0 fully saturated rings. The highest BCUT2D eigenvalue weighted by atomic mass is 79.9. The number of ether oxygens (including phenoxy) is 1. The number of pyridine rings is 1. The average Bonchev–Trinajstić information content (AvgIpc) is 2.37. The molecule has 0 saturated carbocycles. The van der Waals surface area contributed by atoms with E-state index < -0.39 is 22.9 Å². The molecule has 0 bridgehead atoms. The van der Waals surface area contributed by atoms with Crippen LogP contribution in [0.4, 0.5) is 4.39 Å². The average molecular weight is 342 g/mol. The van der Waals surface area contributed by atoms with Gasteiger partial charge in [0.2, 0.25) is 0 Å². The third-order valence-corrected chi connectivity index (χ3v) is 3.91. The van der Waals surface area contributed by atoms with Crippen molar-refractivity contribution >= 4 is 32.8 Å². The zero-order chi connectivity index (χ0) is 14.6. The van der Waals surface area contributed by atoms with Crippen molar-refractivity contribution in [3.8, 4) is 5.75 Å². The maximum Gasteiger partial charge on any atom is 0.341 e. The Labute approximate surface area is 120 Å². The summed E-state index contributed by atoms with van der Waals surface area (Å²) < 4.78 is 21.3. The van der Waals surface area contributed by atoms with Crippen LogP contribution in [0.15, 0.2) is 21.4 Å². The number of carbonyl (C=O) groups is 1. The van der Waals surface area contributed by atoms with Crippen molar-refractivity contribution in [3.05, 3.63) is 38.3 Å². The van der Waals surface area contributed by atoms with Gasteiger partial charge in [-0.2, -0.15) is 0 Å². The molecular formula is C13H9BrFNO4. The molecule has 20 heavy (non-hydrogen) atoms. The van der Waals surface area contributed by atoms with E-state index in [0.717, 1.165) is 6.07 Å². The molecule has 0 unspecified atom stereocenters. The lowest BCUT2D eigenvalue weighted by Gasteiger charge is -2.27. The zero-order valence-corrected chi connectivity index (χ0v) is 11.9. The summed E-state index contributed by atoms with van der Waals surface area (Å²) >= 11 is 3.19. The van der Waals surface area contributed by atoms with E-state index in [9.17, 15) is 14.0 Å². The molecule has 0 amide bonds. The number of aromatic carboxylic acids is 1. The van der Waals surface area contributed by atoms with Gasteiger partial charge in [0.25, 0.3) is 5.56 Å². The van der Waals surface area contributed by atoms with E-state index in [1.165, 1.54) is 10.6 Å². The maximum absolute atomic E-state index is 14.1. The highest BCUT2D eigenvalue weighted by molar-refractivity contribution is 9.10. The molecule has 1 aromatic carbocycles. The van der Waals surface area contributed by atoms with Crippen LogP contribution in [0.3, 0.4) is 0 Å². The molecule has 5 nitrogen and oxygen atoms in total. The number of benzene rings is 1. The Hall–Kier alpha value is -1.89. The van der Waals surface area contributed by atoms with Gasteiger partial charge in [-0.05, 0) is 35.0 Å². The number of carboxylic acid groups (broad SMARTS) is 1. The summed E-state index contributed by atoms with van der Waals surface area (Å²) in [6, 6.07) is 1.89. The molecule has 0 spiro atoms. The van der Waals surface area contributed by atoms with E-state index in [0.29, 0.717) is 10.2 Å². The number of carboxylic acids is 1. The van der Waals surface area contributed by atoms with Gasteiger partial charge < -0.3 is 9.84 Å². The van der Waals surface area contributed by atoms with E-state index in [-0.39, 0.29) is 23.6 Å². The van der Waals surface area contributed by atoms with Crippen molar-refractivity contribution in [3.63, 3.8) is 0 Å². The summed E-state index contributed by atoms with van der Waals surface area (Å²) in [6.45, 7) is 1.93. The molecule has 1 aliphatic rings. The van der Waals surface area contributed by atoms with E-state index in [1.54, 1.807) is 6.92 Å². The second-order valence-electron chi connectivity index (χ2n) is 4.63. The second kappa shape index (κ2) is 4.31. The smallest absolute Gasteiger partial charge is 0.341 e. The quantitative estimate of drug-likeness (QED) is 0.865. The fourth-order valence-electron chi connectivity index (χ4n) is 2.41. The van der Waals surface area contributed by atoms with E-state index in [4.69, 9.17) is 9.84 Å². The lowest BCUT2D eigenvalue weighted by molar-refractivity contribution is 0.0694. The first-order valence-corrected chi connectivity index (χ1v) is 6.64. The molecule has 1 atom stereocenters. The van der Waals surface area contributed by atoms with Gasteiger partial charge in [-0.3, -0.25) is 9.36 Å². The predicted octanol–water partition coefficient (Wildman–Crippen LogP) is 2.55. The van der Waals surface area contributed by atoms with Crippen molar-refractivity contribution in [1.29, 1.82) is 0 Å². The van der Waals surface area contributed by atoms with Crippen LogP contribution in [-0.4, -0.2) is 22.2 Å². The van der Waals surface area contributed by atoms with Gasteiger partial charge >= 0.3 is 5.97 Å². The van der Waals surface area contributed by atoms with Crippen molar-refractivity contribution in [2.75, 3.05) is 6.61 Å². The number of rotatable bonds is 1. The molecule has 7 heteroatoms. The number of hydrogen-bond donors (Lipinski definition) is 1. The third-order valence-electron chi connectivity index (χ3n) is 3.32. The van der Waals surface area contributed by atoms with Gasteiger partial charge in [-0.1, -0.05) is 0 Å². The largest absolute Gasteiger partial charge is 0.488 e. The minimum atomic E-state index is -1.37. The Morgan fingerprint density at radius 1 is 1.55 bits per heavy atom. The van der Waals surface area contributed by atoms with E-state index in [2.05, 4.69) is 15.9 Å². The first-order chi connectivity index (χ1) is 9.41. The van der Waals surface area contributed by atoms with Crippen LogP contribution in [0.25, 0.3) is 10.9 Å². The highest BCUT2D eigenvalue weighted by Gasteiger charge is 2.27. The molecule has 1 N–H and O–H groups in total. The van der Waals surface area contributed by atoms with Gasteiger partial charge in [0.1, 0.15) is 18.0 Å². The summed E-state index contributed by atoms with van der Waals surface area (Å²) in [4.78, 5) is 23.4. The number of aromatic nitrogens is 1. The van der Waals surface area contributed by atoms with Crippen molar-refractivity contribution < 1.29 is 19.0 Å². The number of nitrogens with zero attached hydrogens (tertiary/aromatic N) is 1. The predicted molar refractivity (Wildman–Crippen MR) is 73.0 cm³/mol. The normalized spacial score (nSPS) is 17.1. The Balaban J connectivity index is 2.59. The number of halogens is 2. The van der Waals surface area contributed by atoms with Gasteiger partial charge in [0.05, 0.1) is 16.0 Å². The zero-order valence-electron chi connectivity index (χ0n) is 10.3. The minimum absolute atomic E-state index is 0.0618. The summed E-state index contributed by atoms with van der Waals surface area (Å²) in [5.74, 6) is -1.62. The second-order valence-corrected chi connectivity index (χ2v) is 5.48. The van der Waals surface area contributed by atoms with Crippen LogP contribution in [0.5, 0.6) is 5.75 Å². The van der Waals surface area contributed by atoms with Crippen LogP contribution >= 0.6 is 15.9 Å². The first kappa shape index (κ1) is 13.1. The minimum Gasteiger partial charge on any atom is -0.488 e. The first-order valence-electron chi connectivity index (χ1n) is 5.85. The van der Waals surface area contributed by atoms with Gasteiger partial charge in [-0.15, -0.1) is 0 Å². The lowest BCUT2D eigenvalue weighted by atomic mass is 10.1. The Morgan fingerprint density at radius 2 is 2.25 bits per heavy atom. The van der Waals surface area contributed by atoms with Crippen LogP contribution in [0.2, 0.25) is 0 Å². The maximum atomic E-state index is 14.1. The van der Waals surface area contributed by atoms with Gasteiger partial charge in [-0.25, -0.2) is 9.18 Å². The van der Waals surface area contributed by atoms with Crippen LogP contribution in [0, 0.1) is 5.82 Å². The van der Waals surface area contributed by atoms with Gasteiger partial charge in [0.15, 0.2) is 5.75 Å². The SMILES string of the molecule is C[C@H]1COc2c(Br)cc(F)c3cc(C(=O)O)c(=O)n1c23.